The van der Waals surface area contributed by atoms with Crippen molar-refractivity contribution in [2.45, 2.75) is 58.9 Å². The van der Waals surface area contributed by atoms with Gasteiger partial charge >= 0.3 is 0 Å². The fourth-order valence-electron chi connectivity index (χ4n) is 3.18. The van der Waals surface area contributed by atoms with Gasteiger partial charge in [-0.3, -0.25) is 0 Å². The van der Waals surface area contributed by atoms with Gasteiger partial charge in [-0.25, -0.2) is 4.98 Å². The molecule has 2 unspecified atom stereocenters. The summed E-state index contributed by atoms with van der Waals surface area (Å²) in [4.78, 5) is 6.48. The van der Waals surface area contributed by atoms with Crippen molar-refractivity contribution in [1.82, 2.24) is 10.3 Å². The number of nitrogens with zero attached hydrogens (tertiary/aromatic N) is 1. The van der Waals surface area contributed by atoms with Gasteiger partial charge in [0.2, 0.25) is 0 Å². The predicted molar refractivity (Wildman–Crippen MR) is 77.1 cm³/mol. The lowest BCUT2D eigenvalue weighted by atomic mass is 9.73. The largest absolute Gasteiger partial charge is 0.308 e. The second-order valence-electron chi connectivity index (χ2n) is 6.88. The Labute approximate surface area is 114 Å². The van der Waals surface area contributed by atoms with E-state index in [1.165, 1.54) is 49.4 Å². The Morgan fingerprint density at radius 1 is 1.28 bits per heavy atom. The van der Waals surface area contributed by atoms with E-state index in [0.717, 1.165) is 5.92 Å². The molecule has 1 aromatic rings. The summed E-state index contributed by atoms with van der Waals surface area (Å²) in [5, 5.41) is 4.93. The van der Waals surface area contributed by atoms with Crippen LogP contribution >= 0.6 is 11.3 Å². The lowest BCUT2D eigenvalue weighted by Gasteiger charge is -2.33. The van der Waals surface area contributed by atoms with Crippen molar-refractivity contribution in [2.24, 2.45) is 11.3 Å². The predicted octanol–water partition coefficient (Wildman–Crippen LogP) is 3.72. The van der Waals surface area contributed by atoms with Gasteiger partial charge in [-0.05, 0) is 50.0 Å². The lowest BCUT2D eigenvalue weighted by Crippen LogP contribution is -2.26. The highest BCUT2D eigenvalue weighted by Gasteiger charge is 2.31. The van der Waals surface area contributed by atoms with Crippen LogP contribution in [-0.4, -0.2) is 11.5 Å². The highest BCUT2D eigenvalue weighted by Crippen LogP contribution is 2.40. The first-order chi connectivity index (χ1) is 8.54. The smallest absolute Gasteiger partial charge is 0.110 e. The SMILES string of the molecule is CC(C)(C)C1CCc2nc(C3CCCN3)sc2C1. The first-order valence-corrected chi connectivity index (χ1v) is 8.07. The van der Waals surface area contributed by atoms with Crippen LogP contribution in [-0.2, 0) is 12.8 Å². The average molecular weight is 264 g/mol. The number of aromatic nitrogens is 1. The molecule has 1 saturated heterocycles. The van der Waals surface area contributed by atoms with Gasteiger partial charge in [0.1, 0.15) is 5.01 Å². The summed E-state index contributed by atoms with van der Waals surface area (Å²) in [5.41, 5.74) is 1.84. The standard InChI is InChI=1S/C15H24N2S/c1-15(2,3)10-6-7-11-13(9-10)18-14(17-11)12-5-4-8-16-12/h10,12,16H,4-9H2,1-3H3. The molecule has 100 valence electrons. The van der Waals surface area contributed by atoms with Gasteiger partial charge in [0.15, 0.2) is 0 Å². The third kappa shape index (κ3) is 2.35. The minimum atomic E-state index is 0.438. The van der Waals surface area contributed by atoms with E-state index >= 15 is 0 Å². The number of nitrogens with one attached hydrogen (secondary N) is 1. The zero-order valence-corrected chi connectivity index (χ0v) is 12.6. The maximum absolute atomic E-state index is 4.91. The van der Waals surface area contributed by atoms with Crippen LogP contribution in [0.15, 0.2) is 0 Å². The highest BCUT2D eigenvalue weighted by molar-refractivity contribution is 7.11. The van der Waals surface area contributed by atoms with Crippen LogP contribution in [0.4, 0.5) is 0 Å². The van der Waals surface area contributed by atoms with E-state index in [4.69, 9.17) is 4.98 Å². The van der Waals surface area contributed by atoms with Crippen LogP contribution in [0, 0.1) is 11.3 Å². The molecular weight excluding hydrogens is 240 g/mol. The molecule has 2 atom stereocenters. The van der Waals surface area contributed by atoms with Crippen LogP contribution in [0.2, 0.25) is 0 Å². The molecule has 18 heavy (non-hydrogen) atoms. The molecule has 2 aliphatic rings. The molecule has 0 amide bonds. The van der Waals surface area contributed by atoms with Crippen molar-refractivity contribution in [2.75, 3.05) is 6.54 Å². The summed E-state index contributed by atoms with van der Waals surface area (Å²) in [6.07, 6.45) is 6.34. The fraction of sp³-hybridized carbons (Fsp3) is 0.800. The Hall–Kier alpha value is -0.410. The van der Waals surface area contributed by atoms with Crippen molar-refractivity contribution in [3.8, 4) is 0 Å². The van der Waals surface area contributed by atoms with E-state index in [9.17, 15) is 0 Å². The van der Waals surface area contributed by atoms with E-state index in [0.29, 0.717) is 11.5 Å². The molecule has 1 aromatic heterocycles. The second-order valence-corrected chi connectivity index (χ2v) is 7.99. The summed E-state index contributed by atoms with van der Waals surface area (Å²) >= 11 is 1.98. The Balaban J connectivity index is 1.79. The van der Waals surface area contributed by atoms with Crippen molar-refractivity contribution < 1.29 is 0 Å². The van der Waals surface area contributed by atoms with Crippen molar-refractivity contribution >= 4 is 11.3 Å². The number of rotatable bonds is 1. The minimum absolute atomic E-state index is 0.438. The van der Waals surface area contributed by atoms with E-state index in [1.54, 1.807) is 4.88 Å². The first kappa shape index (κ1) is 12.6. The fourth-order valence-corrected chi connectivity index (χ4v) is 4.48. The molecule has 3 heteroatoms. The number of hydrogen-bond acceptors (Lipinski definition) is 3. The summed E-state index contributed by atoms with van der Waals surface area (Å²) in [7, 11) is 0. The first-order valence-electron chi connectivity index (χ1n) is 7.26. The minimum Gasteiger partial charge on any atom is -0.308 e. The van der Waals surface area contributed by atoms with E-state index < -0.39 is 0 Å². The molecule has 1 fully saturated rings. The van der Waals surface area contributed by atoms with Gasteiger partial charge in [0.05, 0.1) is 11.7 Å². The molecule has 1 aliphatic heterocycles. The maximum atomic E-state index is 4.91. The van der Waals surface area contributed by atoms with Crippen LogP contribution in [0.25, 0.3) is 0 Å². The normalized spacial score (nSPS) is 28.4. The van der Waals surface area contributed by atoms with Crippen LogP contribution in [0.3, 0.4) is 0 Å². The zero-order valence-electron chi connectivity index (χ0n) is 11.8. The second kappa shape index (κ2) is 4.61. The topological polar surface area (TPSA) is 24.9 Å². The molecular formula is C15H24N2S. The van der Waals surface area contributed by atoms with Gasteiger partial charge in [-0.2, -0.15) is 0 Å². The van der Waals surface area contributed by atoms with Gasteiger partial charge in [-0.15, -0.1) is 11.3 Å². The third-order valence-corrected chi connectivity index (χ3v) is 5.77. The quantitative estimate of drug-likeness (QED) is 0.836. The van der Waals surface area contributed by atoms with E-state index in [1.807, 2.05) is 11.3 Å². The van der Waals surface area contributed by atoms with E-state index in [-0.39, 0.29) is 0 Å². The number of aryl methyl sites for hydroxylation is 1. The number of hydrogen-bond donors (Lipinski definition) is 1. The van der Waals surface area contributed by atoms with Crippen molar-refractivity contribution in [3.05, 3.63) is 15.6 Å². The molecule has 0 spiro atoms. The summed E-state index contributed by atoms with van der Waals surface area (Å²) in [6.45, 7) is 8.30. The van der Waals surface area contributed by atoms with Gasteiger partial charge in [0, 0.05) is 4.88 Å². The molecule has 0 saturated carbocycles. The Morgan fingerprint density at radius 2 is 2.11 bits per heavy atom. The van der Waals surface area contributed by atoms with E-state index in [2.05, 4.69) is 26.1 Å². The van der Waals surface area contributed by atoms with Crippen LogP contribution in [0.5, 0.6) is 0 Å². The third-order valence-electron chi connectivity index (χ3n) is 4.54. The van der Waals surface area contributed by atoms with Crippen molar-refractivity contribution in [1.29, 1.82) is 0 Å². The molecule has 0 bridgehead atoms. The highest BCUT2D eigenvalue weighted by atomic mass is 32.1. The van der Waals surface area contributed by atoms with Crippen LogP contribution in [0.1, 0.15) is 61.7 Å². The summed E-state index contributed by atoms with van der Waals surface area (Å²) in [6, 6.07) is 0.550. The lowest BCUT2D eigenvalue weighted by molar-refractivity contribution is 0.217. The molecule has 3 rings (SSSR count). The Kier molecular flexibility index (Phi) is 3.23. The number of fused-ring (bicyclic) bond motifs is 1. The molecule has 1 N–H and O–H groups in total. The summed E-state index contributed by atoms with van der Waals surface area (Å²) in [5.74, 6) is 0.829. The monoisotopic (exact) mass is 264 g/mol. The molecule has 0 aromatic carbocycles. The molecule has 2 heterocycles. The zero-order chi connectivity index (χ0) is 12.8. The Morgan fingerprint density at radius 3 is 2.78 bits per heavy atom. The van der Waals surface area contributed by atoms with Crippen molar-refractivity contribution in [3.63, 3.8) is 0 Å². The average Bonchev–Trinajstić information content (AvgIpc) is 2.95. The summed E-state index contributed by atoms with van der Waals surface area (Å²) < 4.78 is 0. The van der Waals surface area contributed by atoms with Gasteiger partial charge < -0.3 is 5.32 Å². The van der Waals surface area contributed by atoms with Gasteiger partial charge in [-0.1, -0.05) is 20.8 Å². The van der Waals surface area contributed by atoms with Crippen LogP contribution < -0.4 is 5.32 Å². The molecule has 2 nitrogen and oxygen atoms in total. The van der Waals surface area contributed by atoms with Gasteiger partial charge in [0.25, 0.3) is 0 Å². The number of thiazole rings is 1. The molecule has 1 aliphatic carbocycles. The maximum Gasteiger partial charge on any atom is 0.110 e. The Bertz CT molecular complexity index is 424. The molecule has 0 radical (unpaired) electrons.